The summed E-state index contributed by atoms with van der Waals surface area (Å²) < 4.78 is 35.4. The molecule has 196 valence electrons. The number of rotatable bonds is 7. The van der Waals surface area contributed by atoms with Gasteiger partial charge in [-0.3, -0.25) is 0 Å². The Morgan fingerprint density at radius 2 is 1.63 bits per heavy atom. The van der Waals surface area contributed by atoms with Crippen LogP contribution in [0.15, 0.2) is 70.2 Å². The molecule has 38 heavy (non-hydrogen) atoms. The Labute approximate surface area is 218 Å². The van der Waals surface area contributed by atoms with Crippen molar-refractivity contribution in [3.63, 3.8) is 0 Å². The number of nitrogens with zero attached hydrogens (tertiary/aromatic N) is 3. The van der Waals surface area contributed by atoms with Gasteiger partial charge < -0.3 is 25.6 Å². The summed E-state index contributed by atoms with van der Waals surface area (Å²) in [4.78, 5) is 31.8. The molecule has 0 spiro atoms. The number of hydrogen-bond acceptors (Lipinski definition) is 9. The third-order valence-electron chi connectivity index (χ3n) is 5.44. The van der Waals surface area contributed by atoms with Crippen molar-refractivity contribution >= 4 is 27.6 Å². The molecule has 0 unspecified atom stereocenters. The Morgan fingerprint density at radius 1 is 1.00 bits per heavy atom. The Morgan fingerprint density at radius 3 is 2.24 bits per heavy atom. The predicted octanol–water partition coefficient (Wildman–Crippen LogP) is 3.86. The van der Waals surface area contributed by atoms with Gasteiger partial charge >= 0.3 is 12.1 Å². The van der Waals surface area contributed by atoms with Crippen molar-refractivity contribution in [1.29, 1.82) is 0 Å². The maximum Gasteiger partial charge on any atom is 0.411 e. The average Bonchev–Trinajstić information content (AvgIpc) is 3.39. The van der Waals surface area contributed by atoms with Crippen LogP contribution in [-0.4, -0.2) is 48.0 Å². The minimum atomic E-state index is -3.44. The number of anilines is 1. The second kappa shape index (κ2) is 10.7. The average molecular weight is 537 g/mol. The number of benzene rings is 2. The van der Waals surface area contributed by atoms with E-state index in [0.29, 0.717) is 28.2 Å². The van der Waals surface area contributed by atoms with Gasteiger partial charge in [0.15, 0.2) is 21.3 Å². The first-order valence-electron chi connectivity index (χ1n) is 11.3. The molecule has 0 fully saturated rings. The van der Waals surface area contributed by atoms with E-state index >= 15 is 0 Å². The molecule has 2 aromatic carbocycles. The van der Waals surface area contributed by atoms with Crippen molar-refractivity contribution in [2.45, 2.75) is 24.0 Å². The van der Waals surface area contributed by atoms with Gasteiger partial charge in [0, 0.05) is 29.9 Å². The van der Waals surface area contributed by atoms with E-state index in [1.807, 2.05) is 0 Å². The zero-order valence-electron chi connectivity index (χ0n) is 20.6. The molecule has 0 atom stereocenters. The summed E-state index contributed by atoms with van der Waals surface area (Å²) in [6, 6.07) is 14.3. The monoisotopic (exact) mass is 536 g/mol. The quantitative estimate of drug-likeness (QED) is 0.316. The molecule has 3 amide bonds. The topological polar surface area (TPSA) is 179 Å². The van der Waals surface area contributed by atoms with Gasteiger partial charge in [0.05, 0.1) is 22.0 Å². The van der Waals surface area contributed by atoms with Gasteiger partial charge in [-0.15, -0.1) is 0 Å². The summed E-state index contributed by atoms with van der Waals surface area (Å²) in [6.45, 7) is 3.22. The maximum atomic E-state index is 12.4. The van der Waals surface area contributed by atoms with E-state index < -0.39 is 21.2 Å². The van der Waals surface area contributed by atoms with E-state index in [1.165, 1.54) is 25.4 Å². The van der Waals surface area contributed by atoms with Crippen molar-refractivity contribution in [2.75, 3.05) is 12.4 Å². The molecule has 12 nitrogen and oxygen atoms in total. The molecule has 0 saturated heterocycles. The summed E-state index contributed by atoms with van der Waals surface area (Å²) in [6.07, 6.45) is 0.277. The van der Waals surface area contributed by atoms with Crippen LogP contribution < -0.4 is 21.1 Å². The molecule has 0 aliphatic heterocycles. The highest BCUT2D eigenvalue weighted by Crippen LogP contribution is 2.32. The van der Waals surface area contributed by atoms with Crippen LogP contribution in [0.4, 0.5) is 15.3 Å². The Kier molecular flexibility index (Phi) is 7.39. The molecule has 0 aliphatic rings. The highest BCUT2D eigenvalue weighted by molar-refractivity contribution is 7.92. The number of carbonyl (C=O) groups excluding carboxylic acids is 2. The molecule has 2 aromatic heterocycles. The van der Waals surface area contributed by atoms with Crippen LogP contribution in [0.5, 0.6) is 5.88 Å². The number of nitrogens with one attached hydrogen (secondary N) is 2. The molecule has 0 aliphatic carbocycles. The number of hydrogen-bond donors (Lipinski definition) is 3. The number of sulfone groups is 1. The predicted molar refractivity (Wildman–Crippen MR) is 139 cm³/mol. The van der Waals surface area contributed by atoms with E-state index in [9.17, 15) is 18.0 Å². The van der Waals surface area contributed by atoms with E-state index in [1.54, 1.807) is 56.3 Å². The first-order valence-corrected chi connectivity index (χ1v) is 12.9. The molecule has 0 saturated carbocycles. The fraction of sp³-hybridized carbons (Fsp3) is 0.160. The van der Waals surface area contributed by atoms with Crippen molar-refractivity contribution in [1.82, 2.24) is 20.4 Å². The van der Waals surface area contributed by atoms with Gasteiger partial charge in [-0.05, 0) is 38.1 Å². The lowest BCUT2D eigenvalue weighted by Gasteiger charge is -2.09. The minimum Gasteiger partial charge on any atom is -0.389 e. The van der Waals surface area contributed by atoms with Crippen molar-refractivity contribution in [3.05, 3.63) is 60.8 Å². The number of urea groups is 1. The molecule has 2 heterocycles. The van der Waals surface area contributed by atoms with Gasteiger partial charge in [0.2, 0.25) is 0 Å². The van der Waals surface area contributed by atoms with Gasteiger partial charge in [0.25, 0.3) is 5.88 Å². The number of primary amides is 1. The van der Waals surface area contributed by atoms with Crippen LogP contribution in [0, 0.1) is 0 Å². The van der Waals surface area contributed by atoms with E-state index in [0.717, 1.165) is 0 Å². The summed E-state index contributed by atoms with van der Waals surface area (Å²) >= 11 is 0. The van der Waals surface area contributed by atoms with Crippen molar-refractivity contribution in [3.8, 4) is 39.8 Å². The highest BCUT2D eigenvalue weighted by atomic mass is 32.2. The SMILES string of the molecule is CNC(=O)Nc1ccc(-c2cc(-c3nc(-c4ccc(S(=O)(=O)C(C)C)cc4)cnc3OC(N)=O)on2)cc1. The molecule has 13 heteroatoms. The summed E-state index contributed by atoms with van der Waals surface area (Å²) in [7, 11) is -1.92. The zero-order valence-corrected chi connectivity index (χ0v) is 21.4. The lowest BCUT2D eigenvalue weighted by Crippen LogP contribution is -2.24. The highest BCUT2D eigenvalue weighted by Gasteiger charge is 2.21. The van der Waals surface area contributed by atoms with Crippen molar-refractivity contribution < 1.29 is 27.3 Å². The zero-order chi connectivity index (χ0) is 27.4. The third kappa shape index (κ3) is 5.62. The summed E-state index contributed by atoms with van der Waals surface area (Å²) in [5.41, 5.74) is 7.92. The van der Waals surface area contributed by atoms with Gasteiger partial charge in [-0.1, -0.05) is 29.4 Å². The number of amides is 3. The maximum absolute atomic E-state index is 12.4. The summed E-state index contributed by atoms with van der Waals surface area (Å²) in [5.74, 6) is -0.0368. The van der Waals surface area contributed by atoms with Crippen LogP contribution in [0.1, 0.15) is 13.8 Å². The minimum absolute atomic E-state index is 0.0665. The largest absolute Gasteiger partial charge is 0.411 e. The normalized spacial score (nSPS) is 11.3. The van der Waals surface area contributed by atoms with Crippen molar-refractivity contribution in [2.24, 2.45) is 5.73 Å². The van der Waals surface area contributed by atoms with Crippen LogP contribution in [0.3, 0.4) is 0 Å². The molecular weight excluding hydrogens is 512 g/mol. The van der Waals surface area contributed by atoms with Crippen LogP contribution in [0.25, 0.3) is 34.0 Å². The Hall–Kier alpha value is -4.78. The Balaban J connectivity index is 1.68. The van der Waals surface area contributed by atoms with Gasteiger partial charge in [-0.25, -0.2) is 28.0 Å². The first kappa shape index (κ1) is 26.3. The third-order valence-corrected chi connectivity index (χ3v) is 7.61. The van der Waals surface area contributed by atoms with Crippen LogP contribution in [0.2, 0.25) is 0 Å². The lowest BCUT2D eigenvalue weighted by molar-refractivity contribution is 0.209. The summed E-state index contributed by atoms with van der Waals surface area (Å²) in [5, 5.41) is 8.63. The standard InChI is InChI=1S/C25H24N6O6S/c1-14(2)38(34,35)18-10-6-16(7-11-18)20-13-28-23(36-24(26)32)22(30-20)21-12-19(31-37-21)15-4-8-17(9-5-15)29-25(33)27-3/h4-14H,1-3H3,(H2,26,32)(H2,27,29,33). The molecule has 0 bridgehead atoms. The fourth-order valence-electron chi connectivity index (χ4n) is 3.38. The number of carbonyl (C=O) groups is 2. The molecular formula is C25H24N6O6S. The number of aromatic nitrogens is 3. The van der Waals surface area contributed by atoms with Gasteiger partial charge in [0.1, 0.15) is 5.69 Å². The smallest absolute Gasteiger partial charge is 0.389 e. The fourth-order valence-corrected chi connectivity index (χ4v) is 4.44. The number of ether oxygens (including phenoxy) is 1. The van der Waals surface area contributed by atoms with Crippen LogP contribution >= 0.6 is 0 Å². The molecule has 4 rings (SSSR count). The molecule has 0 radical (unpaired) electrons. The lowest BCUT2D eigenvalue weighted by atomic mass is 10.1. The Bertz CT molecular complexity index is 1580. The number of nitrogens with two attached hydrogens (primary N) is 1. The first-order chi connectivity index (χ1) is 18.1. The van der Waals surface area contributed by atoms with Crippen LogP contribution in [-0.2, 0) is 9.84 Å². The van der Waals surface area contributed by atoms with E-state index in [-0.39, 0.29) is 28.3 Å². The second-order valence-electron chi connectivity index (χ2n) is 8.31. The van der Waals surface area contributed by atoms with E-state index in [4.69, 9.17) is 15.0 Å². The molecule has 4 aromatic rings. The molecule has 4 N–H and O–H groups in total. The second-order valence-corrected chi connectivity index (χ2v) is 10.8. The van der Waals surface area contributed by atoms with E-state index in [2.05, 4.69) is 25.8 Å². The van der Waals surface area contributed by atoms with Gasteiger partial charge in [-0.2, -0.15) is 0 Å².